The SMILES string of the molecule is Cc1ccc(-c2sc(Br)nc2C(=O)O)cc1Cl. The van der Waals surface area contributed by atoms with Crippen LogP contribution in [0.25, 0.3) is 10.4 Å². The number of aromatic nitrogens is 1. The number of hydrogen-bond donors (Lipinski definition) is 1. The van der Waals surface area contributed by atoms with Gasteiger partial charge in [0.25, 0.3) is 0 Å². The molecule has 0 unspecified atom stereocenters. The number of halogens is 2. The average molecular weight is 333 g/mol. The van der Waals surface area contributed by atoms with E-state index < -0.39 is 5.97 Å². The van der Waals surface area contributed by atoms with E-state index in [-0.39, 0.29) is 5.69 Å². The van der Waals surface area contributed by atoms with E-state index >= 15 is 0 Å². The van der Waals surface area contributed by atoms with Gasteiger partial charge in [0.1, 0.15) is 0 Å². The van der Waals surface area contributed by atoms with E-state index in [1.165, 1.54) is 11.3 Å². The Hall–Kier alpha value is -0.910. The molecule has 88 valence electrons. The van der Waals surface area contributed by atoms with Crippen molar-refractivity contribution in [1.82, 2.24) is 4.98 Å². The van der Waals surface area contributed by atoms with Crippen molar-refractivity contribution < 1.29 is 9.90 Å². The van der Waals surface area contributed by atoms with E-state index in [2.05, 4.69) is 20.9 Å². The zero-order valence-electron chi connectivity index (χ0n) is 8.70. The molecule has 0 aliphatic carbocycles. The second-order valence-electron chi connectivity index (χ2n) is 3.41. The molecule has 0 saturated heterocycles. The summed E-state index contributed by atoms with van der Waals surface area (Å²) in [6.45, 7) is 1.90. The first-order chi connectivity index (χ1) is 7.99. The average Bonchev–Trinajstić information content (AvgIpc) is 2.64. The molecule has 6 heteroatoms. The minimum Gasteiger partial charge on any atom is -0.476 e. The number of carbonyl (C=O) groups is 1. The molecule has 0 bridgehead atoms. The van der Waals surface area contributed by atoms with Gasteiger partial charge in [-0.3, -0.25) is 0 Å². The van der Waals surface area contributed by atoms with Gasteiger partial charge < -0.3 is 5.11 Å². The molecule has 2 rings (SSSR count). The van der Waals surface area contributed by atoms with Crippen LogP contribution in [0.1, 0.15) is 16.1 Å². The van der Waals surface area contributed by atoms with E-state index in [1.807, 2.05) is 19.1 Å². The van der Waals surface area contributed by atoms with Crippen LogP contribution in [-0.4, -0.2) is 16.1 Å². The van der Waals surface area contributed by atoms with Gasteiger partial charge in [0.05, 0.1) is 4.88 Å². The molecule has 0 radical (unpaired) electrons. The lowest BCUT2D eigenvalue weighted by Crippen LogP contribution is -1.98. The summed E-state index contributed by atoms with van der Waals surface area (Å²) in [5, 5.41) is 9.67. The maximum atomic E-state index is 11.1. The smallest absolute Gasteiger partial charge is 0.356 e. The summed E-state index contributed by atoms with van der Waals surface area (Å²) in [5.41, 5.74) is 1.76. The first kappa shape index (κ1) is 12.5. The number of aromatic carboxylic acids is 1. The number of hydrogen-bond acceptors (Lipinski definition) is 3. The van der Waals surface area contributed by atoms with Gasteiger partial charge in [-0.25, -0.2) is 9.78 Å². The molecule has 1 N–H and O–H groups in total. The fourth-order valence-corrected chi connectivity index (χ4v) is 2.99. The Morgan fingerprint density at radius 3 is 2.82 bits per heavy atom. The highest BCUT2D eigenvalue weighted by atomic mass is 79.9. The third-order valence-corrected chi connectivity index (χ3v) is 4.20. The molecule has 0 aliphatic heterocycles. The fraction of sp³-hybridized carbons (Fsp3) is 0.0909. The monoisotopic (exact) mass is 331 g/mol. The second kappa shape index (κ2) is 4.76. The summed E-state index contributed by atoms with van der Waals surface area (Å²) in [7, 11) is 0. The van der Waals surface area contributed by atoms with Crippen LogP contribution in [0.5, 0.6) is 0 Å². The fourth-order valence-electron chi connectivity index (χ4n) is 1.37. The molecule has 0 spiro atoms. The van der Waals surface area contributed by atoms with Crippen LogP contribution < -0.4 is 0 Å². The van der Waals surface area contributed by atoms with E-state index in [9.17, 15) is 4.79 Å². The molecule has 1 aromatic carbocycles. The minimum absolute atomic E-state index is 0.0433. The Labute approximate surface area is 115 Å². The lowest BCUT2D eigenvalue weighted by atomic mass is 10.1. The van der Waals surface area contributed by atoms with Crippen molar-refractivity contribution in [2.45, 2.75) is 6.92 Å². The molecule has 0 fully saturated rings. The summed E-state index contributed by atoms with van der Waals surface area (Å²) in [6.07, 6.45) is 0. The lowest BCUT2D eigenvalue weighted by Gasteiger charge is -2.02. The van der Waals surface area contributed by atoms with Crippen molar-refractivity contribution in [2.24, 2.45) is 0 Å². The van der Waals surface area contributed by atoms with E-state index in [4.69, 9.17) is 16.7 Å². The largest absolute Gasteiger partial charge is 0.476 e. The Bertz CT molecular complexity index is 597. The van der Waals surface area contributed by atoms with Gasteiger partial charge in [0, 0.05) is 5.02 Å². The first-order valence-corrected chi connectivity index (χ1v) is 6.64. The van der Waals surface area contributed by atoms with E-state index in [1.54, 1.807) is 6.07 Å². The number of carboxylic acid groups (broad SMARTS) is 1. The summed E-state index contributed by atoms with van der Waals surface area (Å²) >= 11 is 10.5. The predicted octanol–water partition coefficient (Wildman–Crippen LogP) is 4.23. The zero-order chi connectivity index (χ0) is 12.6. The van der Waals surface area contributed by atoms with Gasteiger partial charge in [-0.15, -0.1) is 11.3 Å². The summed E-state index contributed by atoms with van der Waals surface area (Å²) in [5.74, 6) is -1.04. The Morgan fingerprint density at radius 2 is 2.24 bits per heavy atom. The highest BCUT2D eigenvalue weighted by Crippen LogP contribution is 2.34. The molecule has 0 amide bonds. The van der Waals surface area contributed by atoms with Gasteiger partial charge in [-0.05, 0) is 40.0 Å². The maximum Gasteiger partial charge on any atom is 0.356 e. The third kappa shape index (κ3) is 2.51. The van der Waals surface area contributed by atoms with Gasteiger partial charge in [-0.1, -0.05) is 23.7 Å². The normalized spacial score (nSPS) is 10.5. The molecule has 1 heterocycles. The quantitative estimate of drug-likeness (QED) is 0.895. The Morgan fingerprint density at radius 1 is 1.53 bits per heavy atom. The highest BCUT2D eigenvalue weighted by Gasteiger charge is 2.18. The molecule has 2 aromatic rings. The van der Waals surface area contributed by atoms with Crippen LogP contribution in [0.4, 0.5) is 0 Å². The number of benzene rings is 1. The third-order valence-electron chi connectivity index (χ3n) is 2.24. The van der Waals surface area contributed by atoms with Crippen molar-refractivity contribution in [3.63, 3.8) is 0 Å². The van der Waals surface area contributed by atoms with Crippen LogP contribution in [0.3, 0.4) is 0 Å². The van der Waals surface area contributed by atoms with Crippen LogP contribution in [0.2, 0.25) is 5.02 Å². The molecule has 0 saturated carbocycles. The van der Waals surface area contributed by atoms with Crippen molar-refractivity contribution in [3.05, 3.63) is 38.4 Å². The molecule has 3 nitrogen and oxygen atoms in total. The predicted molar refractivity (Wildman–Crippen MR) is 72.0 cm³/mol. The van der Waals surface area contributed by atoms with Gasteiger partial charge in [0.2, 0.25) is 0 Å². The Kier molecular flexibility index (Phi) is 3.51. The van der Waals surface area contributed by atoms with Crippen LogP contribution >= 0.6 is 38.9 Å². The molecule has 1 aromatic heterocycles. The van der Waals surface area contributed by atoms with E-state index in [0.29, 0.717) is 13.8 Å². The van der Waals surface area contributed by atoms with Crippen molar-refractivity contribution in [3.8, 4) is 10.4 Å². The number of aryl methyl sites for hydroxylation is 1. The summed E-state index contributed by atoms with van der Waals surface area (Å²) < 4.78 is 0.543. The first-order valence-electron chi connectivity index (χ1n) is 4.65. The topological polar surface area (TPSA) is 50.2 Å². The molecule has 0 aliphatic rings. The maximum absolute atomic E-state index is 11.1. The number of thiazole rings is 1. The number of carboxylic acids is 1. The number of nitrogens with zero attached hydrogens (tertiary/aromatic N) is 1. The van der Waals surface area contributed by atoms with Gasteiger partial charge in [0.15, 0.2) is 9.61 Å². The van der Waals surface area contributed by atoms with Crippen molar-refractivity contribution in [2.75, 3.05) is 0 Å². The summed E-state index contributed by atoms with van der Waals surface area (Å²) in [4.78, 5) is 15.6. The lowest BCUT2D eigenvalue weighted by molar-refractivity contribution is 0.0692. The zero-order valence-corrected chi connectivity index (χ0v) is 11.9. The highest BCUT2D eigenvalue weighted by molar-refractivity contribution is 9.11. The standard InChI is InChI=1S/C11H7BrClNO2S/c1-5-2-3-6(4-7(5)13)9-8(10(15)16)14-11(12)17-9/h2-4H,1H3,(H,15,16). The minimum atomic E-state index is -1.04. The van der Waals surface area contributed by atoms with Crippen molar-refractivity contribution in [1.29, 1.82) is 0 Å². The van der Waals surface area contributed by atoms with Gasteiger partial charge in [-0.2, -0.15) is 0 Å². The van der Waals surface area contributed by atoms with Gasteiger partial charge >= 0.3 is 5.97 Å². The second-order valence-corrected chi connectivity index (χ2v) is 6.10. The van der Waals surface area contributed by atoms with Crippen LogP contribution in [0.15, 0.2) is 22.1 Å². The molecule has 0 atom stereocenters. The molecular weight excluding hydrogens is 326 g/mol. The summed E-state index contributed by atoms with van der Waals surface area (Å²) in [6, 6.07) is 5.45. The van der Waals surface area contributed by atoms with Crippen molar-refractivity contribution >= 4 is 44.8 Å². The van der Waals surface area contributed by atoms with E-state index in [0.717, 1.165) is 11.1 Å². The molecule has 17 heavy (non-hydrogen) atoms. The van der Waals surface area contributed by atoms with Crippen LogP contribution in [0, 0.1) is 6.92 Å². The number of rotatable bonds is 2. The Balaban J connectivity index is 2.59. The van der Waals surface area contributed by atoms with Crippen LogP contribution in [-0.2, 0) is 0 Å². The molecular formula is C11H7BrClNO2S.